The minimum absolute atomic E-state index is 0. The van der Waals surface area contributed by atoms with Gasteiger partial charge in [-0.25, -0.2) is 0 Å². The van der Waals surface area contributed by atoms with Gasteiger partial charge in [0.2, 0.25) is 5.91 Å². The Morgan fingerprint density at radius 1 is 1.35 bits per heavy atom. The largest absolute Gasteiger partial charge is 0.355 e. The third-order valence-electron chi connectivity index (χ3n) is 4.41. The quantitative estimate of drug-likeness (QED) is 0.733. The van der Waals surface area contributed by atoms with E-state index in [4.69, 9.17) is 11.6 Å². The molecule has 140 valence electrons. The number of benzene rings is 1. The second-order valence-corrected chi connectivity index (χ2v) is 6.49. The Labute approximate surface area is 162 Å². The van der Waals surface area contributed by atoms with E-state index in [-0.39, 0.29) is 36.1 Å². The number of carbonyl (C=O) groups excluding carboxylic acids is 2. The summed E-state index contributed by atoms with van der Waals surface area (Å²) in [5, 5.41) is 13.2. The minimum Gasteiger partial charge on any atom is -0.355 e. The molecule has 0 bridgehead atoms. The second kappa shape index (κ2) is 8.53. The number of anilines is 1. The maximum absolute atomic E-state index is 12.7. The highest BCUT2D eigenvalue weighted by atomic mass is 35.5. The molecule has 1 aromatic carbocycles. The maximum Gasteiger partial charge on any atom is 0.252 e. The van der Waals surface area contributed by atoms with Crippen LogP contribution in [0.15, 0.2) is 30.6 Å². The van der Waals surface area contributed by atoms with E-state index in [9.17, 15) is 9.59 Å². The van der Waals surface area contributed by atoms with Gasteiger partial charge in [-0.15, -0.1) is 12.4 Å². The summed E-state index contributed by atoms with van der Waals surface area (Å²) < 4.78 is 1.74. The molecule has 0 saturated carbocycles. The third kappa shape index (κ3) is 4.17. The minimum atomic E-state index is -0.264. The van der Waals surface area contributed by atoms with Gasteiger partial charge in [-0.1, -0.05) is 11.6 Å². The summed E-state index contributed by atoms with van der Waals surface area (Å²) in [7, 11) is 3.40. The molecular weight excluding hydrogens is 377 g/mol. The van der Waals surface area contributed by atoms with Crippen LogP contribution in [-0.2, 0) is 11.8 Å². The molecule has 26 heavy (non-hydrogen) atoms. The molecule has 3 N–H and O–H groups in total. The smallest absolute Gasteiger partial charge is 0.252 e. The molecule has 2 amide bonds. The van der Waals surface area contributed by atoms with Crippen molar-refractivity contribution in [1.29, 1.82) is 0 Å². The molecule has 2 heterocycles. The third-order valence-corrected chi connectivity index (χ3v) is 4.72. The van der Waals surface area contributed by atoms with Crippen LogP contribution in [0.25, 0.3) is 0 Å². The highest BCUT2D eigenvalue weighted by molar-refractivity contribution is 6.34. The van der Waals surface area contributed by atoms with Gasteiger partial charge < -0.3 is 16.0 Å². The van der Waals surface area contributed by atoms with Crippen molar-refractivity contribution in [3.8, 4) is 0 Å². The Morgan fingerprint density at radius 3 is 2.73 bits per heavy atom. The highest BCUT2D eigenvalue weighted by Gasteiger charge is 2.34. The summed E-state index contributed by atoms with van der Waals surface area (Å²) in [4.78, 5) is 24.4. The first kappa shape index (κ1) is 20.2. The average Bonchev–Trinajstić information content (AvgIpc) is 3.22. The topological polar surface area (TPSA) is 88.1 Å². The fourth-order valence-electron chi connectivity index (χ4n) is 3.08. The fourth-order valence-corrected chi connectivity index (χ4v) is 3.35. The van der Waals surface area contributed by atoms with Crippen molar-refractivity contribution >= 4 is 41.5 Å². The van der Waals surface area contributed by atoms with Gasteiger partial charge in [0.05, 0.1) is 22.7 Å². The number of nitrogens with zero attached hydrogens (tertiary/aromatic N) is 2. The number of halogens is 2. The summed E-state index contributed by atoms with van der Waals surface area (Å²) in [6.45, 7) is 1.34. The Morgan fingerprint density at radius 2 is 2.12 bits per heavy atom. The Bertz CT molecular complexity index is 808. The zero-order chi connectivity index (χ0) is 18.0. The van der Waals surface area contributed by atoms with Gasteiger partial charge in [0, 0.05) is 45.0 Å². The molecule has 1 aliphatic heterocycles. The van der Waals surface area contributed by atoms with E-state index < -0.39 is 0 Å². The number of carbonyl (C=O) groups is 2. The number of hydrogen-bond donors (Lipinski definition) is 3. The van der Waals surface area contributed by atoms with Crippen molar-refractivity contribution in [3.05, 3.63) is 46.7 Å². The first-order valence-electron chi connectivity index (χ1n) is 8.01. The number of aryl methyl sites for hydroxylation is 1. The van der Waals surface area contributed by atoms with Crippen molar-refractivity contribution in [1.82, 2.24) is 20.4 Å². The maximum atomic E-state index is 12.7. The molecule has 0 radical (unpaired) electrons. The number of rotatable bonds is 4. The number of aromatic nitrogens is 2. The zero-order valence-electron chi connectivity index (χ0n) is 14.5. The van der Waals surface area contributed by atoms with E-state index in [0.29, 0.717) is 22.8 Å². The van der Waals surface area contributed by atoms with E-state index in [2.05, 4.69) is 21.0 Å². The molecule has 0 aliphatic carbocycles. The molecule has 9 heteroatoms. The summed E-state index contributed by atoms with van der Waals surface area (Å²) >= 11 is 6.14. The number of amides is 2. The molecule has 1 saturated heterocycles. The number of hydrogen-bond acceptors (Lipinski definition) is 4. The van der Waals surface area contributed by atoms with Gasteiger partial charge in [-0.05, 0) is 23.8 Å². The van der Waals surface area contributed by atoms with Crippen LogP contribution in [-0.4, -0.2) is 41.7 Å². The SMILES string of the molecule is CNC(=O)c1ccc(NC(=O)[C@H]2CNC[C@@H]2c2cnn(C)c2)cc1Cl.Cl. The fraction of sp³-hybridized carbons (Fsp3) is 0.353. The molecule has 1 fully saturated rings. The summed E-state index contributed by atoms with van der Waals surface area (Å²) in [5.74, 6) is -0.460. The van der Waals surface area contributed by atoms with Gasteiger partial charge in [0.25, 0.3) is 5.91 Å². The Hall–Kier alpha value is -2.09. The van der Waals surface area contributed by atoms with Crippen LogP contribution in [0, 0.1) is 5.92 Å². The van der Waals surface area contributed by atoms with Crippen molar-refractivity contribution < 1.29 is 9.59 Å². The molecule has 2 aromatic rings. The predicted octanol–water partition coefficient (Wildman–Crippen LogP) is 1.80. The van der Waals surface area contributed by atoms with Gasteiger partial charge in [0.1, 0.15) is 0 Å². The number of nitrogens with one attached hydrogen (secondary N) is 3. The van der Waals surface area contributed by atoms with E-state index in [1.54, 1.807) is 36.1 Å². The summed E-state index contributed by atoms with van der Waals surface area (Å²) in [6, 6.07) is 4.86. The van der Waals surface area contributed by atoms with Crippen LogP contribution in [0.5, 0.6) is 0 Å². The van der Waals surface area contributed by atoms with E-state index in [1.165, 1.54) is 0 Å². The molecule has 1 aliphatic rings. The Balaban J connectivity index is 0.00000243. The van der Waals surface area contributed by atoms with Crippen LogP contribution in [0.1, 0.15) is 21.8 Å². The molecule has 3 rings (SSSR count). The normalized spacial score (nSPS) is 18.9. The lowest BCUT2D eigenvalue weighted by Gasteiger charge is -2.17. The van der Waals surface area contributed by atoms with Crippen LogP contribution in [0.3, 0.4) is 0 Å². The van der Waals surface area contributed by atoms with Crippen molar-refractivity contribution in [2.45, 2.75) is 5.92 Å². The molecule has 2 atom stereocenters. The Kier molecular flexibility index (Phi) is 6.63. The molecular formula is C17H21Cl2N5O2. The van der Waals surface area contributed by atoms with Crippen molar-refractivity contribution in [3.63, 3.8) is 0 Å². The lowest BCUT2D eigenvalue weighted by Crippen LogP contribution is -2.28. The molecule has 0 spiro atoms. The monoisotopic (exact) mass is 397 g/mol. The first-order chi connectivity index (χ1) is 12.0. The van der Waals surface area contributed by atoms with Crippen LogP contribution in [0.2, 0.25) is 5.02 Å². The van der Waals surface area contributed by atoms with Crippen LogP contribution in [0.4, 0.5) is 5.69 Å². The zero-order valence-corrected chi connectivity index (χ0v) is 16.0. The van der Waals surface area contributed by atoms with Crippen molar-refractivity contribution in [2.24, 2.45) is 13.0 Å². The van der Waals surface area contributed by atoms with Gasteiger partial charge in [-0.2, -0.15) is 5.10 Å². The standard InChI is InChI=1S/C17H20ClN5O2.ClH/c1-19-16(24)12-4-3-11(5-15(12)18)22-17(25)14-8-20-7-13(14)10-6-21-23(2)9-10;/h3-6,9,13-14,20H,7-8H2,1-2H3,(H,19,24)(H,22,25);1H/t13-,14+;/m1./s1. The first-order valence-corrected chi connectivity index (χ1v) is 8.39. The lowest BCUT2D eigenvalue weighted by atomic mass is 9.90. The lowest BCUT2D eigenvalue weighted by molar-refractivity contribution is -0.119. The summed E-state index contributed by atoms with van der Waals surface area (Å²) in [6.07, 6.45) is 3.74. The van der Waals surface area contributed by atoms with Gasteiger partial charge in [0.15, 0.2) is 0 Å². The van der Waals surface area contributed by atoms with Crippen molar-refractivity contribution in [2.75, 3.05) is 25.5 Å². The molecule has 1 aromatic heterocycles. The van der Waals surface area contributed by atoms with Crippen LogP contribution >= 0.6 is 24.0 Å². The molecule has 0 unspecified atom stereocenters. The summed E-state index contributed by atoms with van der Waals surface area (Å²) in [5.41, 5.74) is 1.98. The second-order valence-electron chi connectivity index (χ2n) is 6.08. The predicted molar refractivity (Wildman–Crippen MR) is 103 cm³/mol. The van der Waals surface area contributed by atoms with Crippen LogP contribution < -0.4 is 16.0 Å². The highest BCUT2D eigenvalue weighted by Crippen LogP contribution is 2.29. The van der Waals surface area contributed by atoms with E-state index >= 15 is 0 Å². The molecule has 7 nitrogen and oxygen atoms in total. The van der Waals surface area contributed by atoms with E-state index in [1.807, 2.05) is 13.2 Å². The van der Waals surface area contributed by atoms with E-state index in [0.717, 1.165) is 12.1 Å². The van der Waals surface area contributed by atoms with Gasteiger partial charge in [-0.3, -0.25) is 14.3 Å². The van der Waals surface area contributed by atoms with Gasteiger partial charge >= 0.3 is 0 Å². The average molecular weight is 398 g/mol.